The number of ether oxygens (including phenoxy) is 3. The van der Waals surface area contributed by atoms with Gasteiger partial charge in [-0.2, -0.15) is 0 Å². The SMILES string of the molecule is CC(=O)OCCc1c(C(c2cccc3c2OCCO3)c2c(O)c3ccccc3n(C)c2=O)[nH]c2ccccc12. The molecule has 0 bridgehead atoms. The number of fused-ring (bicyclic) bond motifs is 3. The van der Waals surface area contributed by atoms with E-state index in [9.17, 15) is 14.7 Å². The molecule has 8 heteroatoms. The maximum absolute atomic E-state index is 14.0. The number of para-hydroxylation sites is 3. The molecule has 3 heterocycles. The van der Waals surface area contributed by atoms with Crippen LogP contribution in [0.25, 0.3) is 21.8 Å². The first-order valence-electron chi connectivity index (χ1n) is 12.9. The molecule has 5 aromatic rings. The smallest absolute Gasteiger partial charge is 0.302 e. The molecule has 2 aromatic heterocycles. The predicted octanol–water partition coefficient (Wildman–Crippen LogP) is 4.78. The van der Waals surface area contributed by atoms with Crippen molar-refractivity contribution in [3.8, 4) is 17.2 Å². The van der Waals surface area contributed by atoms with Crippen LogP contribution in [0.1, 0.15) is 35.2 Å². The fraction of sp³-hybridized carbons (Fsp3) is 0.226. The van der Waals surface area contributed by atoms with E-state index in [0.29, 0.717) is 53.3 Å². The number of nitrogens with zero attached hydrogens (tertiary/aromatic N) is 1. The highest BCUT2D eigenvalue weighted by Gasteiger charge is 2.33. The summed E-state index contributed by atoms with van der Waals surface area (Å²) in [7, 11) is 1.71. The van der Waals surface area contributed by atoms with Gasteiger partial charge in [0, 0.05) is 47.9 Å². The van der Waals surface area contributed by atoms with Gasteiger partial charge in [-0.3, -0.25) is 9.59 Å². The minimum absolute atomic E-state index is 0.0855. The number of aryl methyl sites for hydroxylation is 1. The summed E-state index contributed by atoms with van der Waals surface area (Å²) in [4.78, 5) is 29.1. The fourth-order valence-corrected chi connectivity index (χ4v) is 5.58. The van der Waals surface area contributed by atoms with Crippen molar-refractivity contribution in [2.24, 2.45) is 7.05 Å². The lowest BCUT2D eigenvalue weighted by atomic mass is 9.84. The average molecular weight is 525 g/mol. The number of aromatic amines is 1. The van der Waals surface area contributed by atoms with Crippen LogP contribution in [0, 0.1) is 0 Å². The molecule has 198 valence electrons. The lowest BCUT2D eigenvalue weighted by Gasteiger charge is -2.27. The van der Waals surface area contributed by atoms with Crippen molar-refractivity contribution in [1.29, 1.82) is 0 Å². The maximum Gasteiger partial charge on any atom is 0.302 e. The van der Waals surface area contributed by atoms with Gasteiger partial charge in [-0.1, -0.05) is 42.5 Å². The van der Waals surface area contributed by atoms with Gasteiger partial charge in [-0.05, 0) is 29.8 Å². The molecule has 8 nitrogen and oxygen atoms in total. The molecule has 0 fully saturated rings. The zero-order valence-electron chi connectivity index (χ0n) is 21.7. The Balaban J connectivity index is 1.68. The lowest BCUT2D eigenvalue weighted by Crippen LogP contribution is -2.26. The van der Waals surface area contributed by atoms with Crippen molar-refractivity contribution in [2.45, 2.75) is 19.3 Å². The molecule has 0 saturated heterocycles. The van der Waals surface area contributed by atoms with Crippen molar-refractivity contribution in [2.75, 3.05) is 19.8 Å². The highest BCUT2D eigenvalue weighted by molar-refractivity contribution is 5.88. The van der Waals surface area contributed by atoms with Gasteiger partial charge in [0.25, 0.3) is 5.56 Å². The summed E-state index contributed by atoms with van der Waals surface area (Å²) in [5.74, 6) is -0.0645. The third kappa shape index (κ3) is 4.18. The van der Waals surface area contributed by atoms with Crippen LogP contribution in [0.3, 0.4) is 0 Å². The highest BCUT2D eigenvalue weighted by atomic mass is 16.6. The molecular weight excluding hydrogens is 496 g/mol. The number of aromatic nitrogens is 2. The van der Waals surface area contributed by atoms with Crippen molar-refractivity contribution in [1.82, 2.24) is 9.55 Å². The molecule has 1 atom stereocenters. The van der Waals surface area contributed by atoms with E-state index in [2.05, 4.69) is 4.98 Å². The highest BCUT2D eigenvalue weighted by Crippen LogP contribution is 2.46. The quantitative estimate of drug-likeness (QED) is 0.310. The predicted molar refractivity (Wildman–Crippen MR) is 148 cm³/mol. The van der Waals surface area contributed by atoms with E-state index < -0.39 is 5.92 Å². The molecule has 0 radical (unpaired) electrons. The van der Waals surface area contributed by atoms with Gasteiger partial charge in [0.2, 0.25) is 0 Å². The third-order valence-corrected chi connectivity index (χ3v) is 7.30. The van der Waals surface area contributed by atoms with Crippen LogP contribution in [0.5, 0.6) is 17.2 Å². The van der Waals surface area contributed by atoms with E-state index >= 15 is 0 Å². The van der Waals surface area contributed by atoms with Gasteiger partial charge in [0.1, 0.15) is 19.0 Å². The number of carbonyl (C=O) groups excluding carboxylic acids is 1. The molecule has 0 amide bonds. The van der Waals surface area contributed by atoms with Crippen LogP contribution >= 0.6 is 0 Å². The van der Waals surface area contributed by atoms with Crippen molar-refractivity contribution in [3.05, 3.63) is 99.5 Å². The van der Waals surface area contributed by atoms with Crippen LogP contribution in [0.2, 0.25) is 0 Å². The summed E-state index contributed by atoms with van der Waals surface area (Å²) in [6.45, 7) is 2.34. The van der Waals surface area contributed by atoms with E-state index in [4.69, 9.17) is 14.2 Å². The topological polar surface area (TPSA) is 103 Å². The van der Waals surface area contributed by atoms with E-state index in [1.165, 1.54) is 6.92 Å². The lowest BCUT2D eigenvalue weighted by molar-refractivity contribution is -0.140. The zero-order chi connectivity index (χ0) is 27.1. The molecule has 2 N–H and O–H groups in total. The number of benzene rings is 3. The Hall–Kier alpha value is -4.72. The maximum atomic E-state index is 14.0. The van der Waals surface area contributed by atoms with Crippen molar-refractivity contribution >= 4 is 27.8 Å². The van der Waals surface area contributed by atoms with E-state index in [1.807, 2.05) is 60.7 Å². The molecular formula is C31H28N2O6. The standard InChI is InChI=1S/C31H28N2O6/c1-18(34)37-15-14-20-19-8-3-5-11-23(19)32-28(20)26(22-10-7-13-25-30(22)39-17-16-38-25)27-29(35)21-9-4-6-12-24(21)33(2)31(27)36/h3-13,26,32,35H,14-17H2,1-2H3. The van der Waals surface area contributed by atoms with E-state index in [0.717, 1.165) is 16.5 Å². The first kappa shape index (κ1) is 24.6. The first-order chi connectivity index (χ1) is 19.0. The Labute approximate surface area is 224 Å². The third-order valence-electron chi connectivity index (χ3n) is 7.30. The van der Waals surface area contributed by atoms with Crippen molar-refractivity contribution in [3.63, 3.8) is 0 Å². The molecule has 0 saturated carbocycles. The molecule has 1 unspecified atom stereocenters. The van der Waals surface area contributed by atoms with Gasteiger partial charge >= 0.3 is 5.97 Å². The monoisotopic (exact) mass is 524 g/mol. The normalized spacial score (nSPS) is 13.5. The summed E-state index contributed by atoms with van der Waals surface area (Å²) < 4.78 is 18.9. The number of carbonyl (C=O) groups is 1. The molecule has 0 aliphatic carbocycles. The Kier molecular flexibility index (Phi) is 6.23. The summed E-state index contributed by atoms with van der Waals surface area (Å²) >= 11 is 0. The number of hydrogen-bond donors (Lipinski definition) is 2. The van der Waals surface area contributed by atoms with Crippen LogP contribution in [0.4, 0.5) is 0 Å². The Bertz CT molecular complexity index is 1780. The Morgan fingerprint density at radius 2 is 1.77 bits per heavy atom. The van der Waals surface area contributed by atoms with Crippen LogP contribution in [-0.4, -0.2) is 40.4 Å². The van der Waals surface area contributed by atoms with Crippen LogP contribution < -0.4 is 15.0 Å². The number of hydrogen-bond acceptors (Lipinski definition) is 6. The minimum atomic E-state index is -0.732. The summed E-state index contributed by atoms with van der Waals surface area (Å²) in [5.41, 5.74) is 3.69. The molecule has 39 heavy (non-hydrogen) atoms. The van der Waals surface area contributed by atoms with Crippen molar-refractivity contribution < 1.29 is 24.1 Å². The minimum Gasteiger partial charge on any atom is -0.507 e. The number of aromatic hydroxyl groups is 1. The average Bonchev–Trinajstić information content (AvgIpc) is 3.31. The molecule has 0 spiro atoms. The van der Waals surface area contributed by atoms with E-state index in [-0.39, 0.29) is 29.4 Å². The van der Waals surface area contributed by atoms with Crippen LogP contribution in [0.15, 0.2) is 71.5 Å². The summed E-state index contributed by atoms with van der Waals surface area (Å²) in [5, 5.41) is 13.2. The Morgan fingerprint density at radius 1 is 1.03 bits per heavy atom. The number of esters is 1. The molecule has 1 aliphatic rings. The van der Waals surface area contributed by atoms with Crippen LogP contribution in [-0.2, 0) is 23.0 Å². The van der Waals surface area contributed by atoms with Gasteiger partial charge < -0.3 is 28.9 Å². The van der Waals surface area contributed by atoms with Gasteiger partial charge in [0.05, 0.1) is 23.6 Å². The van der Waals surface area contributed by atoms with Gasteiger partial charge in [0.15, 0.2) is 11.5 Å². The summed E-state index contributed by atoms with van der Waals surface area (Å²) in [6.07, 6.45) is 0.413. The molecule has 6 rings (SSSR count). The van der Waals surface area contributed by atoms with E-state index in [1.54, 1.807) is 17.7 Å². The fourth-order valence-electron chi connectivity index (χ4n) is 5.58. The largest absolute Gasteiger partial charge is 0.507 e. The van der Waals surface area contributed by atoms with Gasteiger partial charge in [-0.25, -0.2) is 0 Å². The number of pyridine rings is 1. The Morgan fingerprint density at radius 3 is 2.59 bits per heavy atom. The number of rotatable bonds is 6. The second-order valence-electron chi connectivity index (χ2n) is 9.60. The second kappa shape index (κ2) is 9.87. The second-order valence-corrected chi connectivity index (χ2v) is 9.60. The first-order valence-corrected chi connectivity index (χ1v) is 12.9. The molecule has 3 aromatic carbocycles. The number of nitrogens with one attached hydrogen (secondary N) is 1. The zero-order valence-corrected chi connectivity index (χ0v) is 21.7. The summed E-state index contributed by atoms with van der Waals surface area (Å²) in [6, 6.07) is 20.7. The molecule has 1 aliphatic heterocycles. The van der Waals surface area contributed by atoms with Gasteiger partial charge in [-0.15, -0.1) is 0 Å². The number of H-pyrrole nitrogens is 1.